The quantitative estimate of drug-likeness (QED) is 0.906. The fraction of sp³-hybridized carbons (Fsp3) is 0.812. The Balaban J connectivity index is 2.11. The molecular formula is C16H30N4S. The number of aromatic nitrogens is 1. The van der Waals surface area contributed by atoms with Crippen molar-refractivity contribution in [1.82, 2.24) is 15.2 Å². The number of aryl methyl sites for hydroxylation is 1. The largest absolute Gasteiger partial charge is 0.345 e. The topological polar surface area (TPSA) is 31.4 Å². The number of hydrogen-bond acceptors (Lipinski definition) is 5. The molecule has 1 aromatic heterocycles. The van der Waals surface area contributed by atoms with Crippen LogP contribution in [0.25, 0.3) is 0 Å². The number of likely N-dealkylation sites (N-methyl/N-ethyl adjacent to an activating group) is 1. The Bertz CT molecular complexity index is 447. The lowest BCUT2D eigenvalue weighted by molar-refractivity contribution is 0.170. The number of anilines is 1. The maximum atomic E-state index is 4.84. The Kier molecular flexibility index (Phi) is 5.63. The van der Waals surface area contributed by atoms with Crippen LogP contribution in [0, 0.1) is 6.92 Å². The Morgan fingerprint density at radius 3 is 2.52 bits per heavy atom. The van der Waals surface area contributed by atoms with E-state index in [-0.39, 0.29) is 0 Å². The third-order valence-electron chi connectivity index (χ3n) is 4.55. The molecule has 3 unspecified atom stereocenters. The normalized spacial score (nSPS) is 25.3. The van der Waals surface area contributed by atoms with Gasteiger partial charge in [0, 0.05) is 36.1 Å². The van der Waals surface area contributed by atoms with Crippen LogP contribution in [-0.4, -0.2) is 48.6 Å². The molecule has 1 aromatic rings. The fourth-order valence-corrected chi connectivity index (χ4v) is 4.06. The molecule has 0 aromatic carbocycles. The van der Waals surface area contributed by atoms with Gasteiger partial charge in [0.2, 0.25) is 0 Å². The average molecular weight is 311 g/mol. The van der Waals surface area contributed by atoms with Gasteiger partial charge in [0.25, 0.3) is 0 Å². The van der Waals surface area contributed by atoms with Crippen molar-refractivity contribution in [3.63, 3.8) is 0 Å². The Morgan fingerprint density at radius 2 is 1.95 bits per heavy atom. The summed E-state index contributed by atoms with van der Waals surface area (Å²) in [6, 6.07) is 1.56. The zero-order valence-electron chi connectivity index (χ0n) is 14.3. The summed E-state index contributed by atoms with van der Waals surface area (Å²) in [5.41, 5.74) is 1.19. The van der Waals surface area contributed by atoms with E-state index in [1.54, 1.807) is 0 Å². The first-order valence-electron chi connectivity index (χ1n) is 8.11. The number of nitrogens with zero attached hydrogens (tertiary/aromatic N) is 3. The zero-order valence-corrected chi connectivity index (χ0v) is 15.1. The highest BCUT2D eigenvalue weighted by molar-refractivity contribution is 7.15. The number of nitrogens with one attached hydrogen (secondary N) is 1. The van der Waals surface area contributed by atoms with Crippen molar-refractivity contribution in [3.8, 4) is 0 Å². The summed E-state index contributed by atoms with van der Waals surface area (Å²) >= 11 is 1.86. The van der Waals surface area contributed by atoms with Crippen LogP contribution in [0.15, 0.2) is 0 Å². The van der Waals surface area contributed by atoms with Crippen molar-refractivity contribution in [2.75, 3.05) is 31.6 Å². The smallest absolute Gasteiger partial charge is 0.185 e. The first kappa shape index (κ1) is 16.7. The summed E-state index contributed by atoms with van der Waals surface area (Å²) < 4.78 is 0. The molecule has 0 saturated carbocycles. The van der Waals surface area contributed by atoms with Gasteiger partial charge in [-0.1, -0.05) is 6.92 Å². The average Bonchev–Trinajstić information content (AvgIpc) is 2.83. The molecule has 0 bridgehead atoms. The summed E-state index contributed by atoms with van der Waals surface area (Å²) in [5, 5.41) is 4.77. The van der Waals surface area contributed by atoms with E-state index >= 15 is 0 Å². The SMILES string of the molecule is CCCNC(C)c1sc(N2CC(C)N(C)C(C)C2)nc1C. The molecule has 3 atom stereocenters. The van der Waals surface area contributed by atoms with Crippen molar-refractivity contribution in [2.24, 2.45) is 0 Å². The lowest BCUT2D eigenvalue weighted by Gasteiger charge is -2.42. The number of rotatable bonds is 5. The fourth-order valence-electron chi connectivity index (χ4n) is 2.94. The van der Waals surface area contributed by atoms with E-state index in [4.69, 9.17) is 4.98 Å². The summed E-state index contributed by atoms with van der Waals surface area (Å²) in [6.45, 7) is 14.4. The number of hydrogen-bond donors (Lipinski definition) is 1. The van der Waals surface area contributed by atoms with E-state index in [1.807, 2.05) is 11.3 Å². The van der Waals surface area contributed by atoms with Gasteiger partial charge in [0.05, 0.1) is 5.69 Å². The molecule has 0 amide bonds. The molecule has 120 valence electrons. The molecule has 1 fully saturated rings. The summed E-state index contributed by atoms with van der Waals surface area (Å²) in [4.78, 5) is 11.2. The molecule has 1 saturated heterocycles. The molecule has 21 heavy (non-hydrogen) atoms. The van der Waals surface area contributed by atoms with Gasteiger partial charge in [-0.05, 0) is 47.7 Å². The lowest BCUT2D eigenvalue weighted by atomic mass is 10.1. The lowest BCUT2D eigenvalue weighted by Crippen LogP contribution is -2.55. The monoisotopic (exact) mass is 310 g/mol. The van der Waals surface area contributed by atoms with Gasteiger partial charge >= 0.3 is 0 Å². The molecule has 1 aliphatic heterocycles. The van der Waals surface area contributed by atoms with Crippen LogP contribution < -0.4 is 10.2 Å². The first-order chi connectivity index (χ1) is 9.93. The second-order valence-corrected chi connectivity index (χ2v) is 7.40. The minimum atomic E-state index is 0.401. The predicted molar refractivity (Wildman–Crippen MR) is 92.5 cm³/mol. The molecule has 1 N–H and O–H groups in total. The maximum absolute atomic E-state index is 4.84. The van der Waals surface area contributed by atoms with E-state index in [1.165, 1.54) is 22.1 Å². The molecule has 4 nitrogen and oxygen atoms in total. The summed E-state index contributed by atoms with van der Waals surface area (Å²) in [7, 11) is 2.22. The molecule has 5 heteroatoms. The van der Waals surface area contributed by atoms with Crippen molar-refractivity contribution in [1.29, 1.82) is 0 Å². The molecule has 0 aliphatic carbocycles. The van der Waals surface area contributed by atoms with Crippen LogP contribution in [0.4, 0.5) is 5.13 Å². The minimum Gasteiger partial charge on any atom is -0.345 e. The van der Waals surface area contributed by atoms with E-state index in [9.17, 15) is 0 Å². The molecule has 0 radical (unpaired) electrons. The highest BCUT2D eigenvalue weighted by atomic mass is 32.1. The van der Waals surface area contributed by atoms with Crippen LogP contribution in [0.1, 0.15) is 50.7 Å². The molecule has 2 heterocycles. The van der Waals surface area contributed by atoms with Gasteiger partial charge in [0.1, 0.15) is 0 Å². The van der Waals surface area contributed by atoms with Crippen LogP contribution >= 0.6 is 11.3 Å². The summed E-state index contributed by atoms with van der Waals surface area (Å²) in [6.07, 6.45) is 1.17. The zero-order chi connectivity index (χ0) is 15.6. The van der Waals surface area contributed by atoms with Crippen LogP contribution in [-0.2, 0) is 0 Å². The van der Waals surface area contributed by atoms with E-state index in [0.29, 0.717) is 18.1 Å². The van der Waals surface area contributed by atoms with Crippen molar-refractivity contribution in [2.45, 2.75) is 59.2 Å². The Labute approximate surface area is 133 Å². The minimum absolute atomic E-state index is 0.401. The first-order valence-corrected chi connectivity index (χ1v) is 8.93. The van der Waals surface area contributed by atoms with Crippen molar-refractivity contribution in [3.05, 3.63) is 10.6 Å². The Hall–Kier alpha value is -0.650. The van der Waals surface area contributed by atoms with Crippen LogP contribution in [0.5, 0.6) is 0 Å². The van der Waals surface area contributed by atoms with Crippen molar-refractivity contribution < 1.29 is 0 Å². The number of piperazine rings is 1. The van der Waals surface area contributed by atoms with Gasteiger partial charge < -0.3 is 10.2 Å². The molecule has 2 rings (SSSR count). The van der Waals surface area contributed by atoms with Gasteiger partial charge in [-0.2, -0.15) is 0 Å². The van der Waals surface area contributed by atoms with E-state index in [2.05, 4.69) is 56.8 Å². The van der Waals surface area contributed by atoms with Crippen LogP contribution in [0.2, 0.25) is 0 Å². The highest BCUT2D eigenvalue weighted by Crippen LogP contribution is 2.32. The van der Waals surface area contributed by atoms with Crippen LogP contribution in [0.3, 0.4) is 0 Å². The molecular weight excluding hydrogens is 280 g/mol. The highest BCUT2D eigenvalue weighted by Gasteiger charge is 2.28. The number of thiazole rings is 1. The van der Waals surface area contributed by atoms with Gasteiger partial charge in [-0.15, -0.1) is 11.3 Å². The Morgan fingerprint density at radius 1 is 1.33 bits per heavy atom. The van der Waals surface area contributed by atoms with Gasteiger partial charge in [0.15, 0.2) is 5.13 Å². The molecule has 1 aliphatic rings. The second kappa shape index (κ2) is 7.07. The molecule has 0 spiro atoms. The van der Waals surface area contributed by atoms with E-state index < -0.39 is 0 Å². The third kappa shape index (κ3) is 3.76. The second-order valence-electron chi connectivity index (χ2n) is 6.39. The maximum Gasteiger partial charge on any atom is 0.185 e. The van der Waals surface area contributed by atoms with Crippen molar-refractivity contribution >= 4 is 16.5 Å². The third-order valence-corrected chi connectivity index (χ3v) is 5.95. The predicted octanol–water partition coefficient (Wildman–Crippen LogP) is 3.04. The standard InChI is InChI=1S/C16H30N4S/c1-7-8-17-13(4)15-14(5)18-16(21-15)20-9-11(2)19(6)12(3)10-20/h11-13,17H,7-10H2,1-6H3. The summed E-state index contributed by atoms with van der Waals surface area (Å²) in [5.74, 6) is 0. The van der Waals surface area contributed by atoms with E-state index in [0.717, 1.165) is 19.6 Å². The van der Waals surface area contributed by atoms with Gasteiger partial charge in [-0.3, -0.25) is 4.90 Å². The van der Waals surface area contributed by atoms with Gasteiger partial charge in [-0.25, -0.2) is 4.98 Å².